The number of likely N-dealkylation sites (N-methyl/N-ethyl adjacent to an activating group) is 1. The number of benzene rings is 1. The first-order chi connectivity index (χ1) is 7.81. The maximum Gasteiger partial charge on any atom is 0.233 e. The first-order valence-electron chi connectivity index (χ1n) is 5.41. The van der Waals surface area contributed by atoms with Crippen LogP contribution in [0.25, 0.3) is 0 Å². The summed E-state index contributed by atoms with van der Waals surface area (Å²) in [6, 6.07) is 8.27. The zero-order valence-corrected chi connectivity index (χ0v) is 9.32. The van der Waals surface area contributed by atoms with Gasteiger partial charge in [0.05, 0.1) is 25.8 Å². The largest absolute Gasteiger partial charge is 0.375 e. The minimum Gasteiger partial charge on any atom is -0.375 e. The van der Waals surface area contributed by atoms with Crippen LogP contribution < -0.4 is 10.6 Å². The summed E-state index contributed by atoms with van der Waals surface area (Å²) < 4.78 is 5.48. The van der Waals surface area contributed by atoms with Gasteiger partial charge >= 0.3 is 0 Å². The van der Waals surface area contributed by atoms with Gasteiger partial charge in [0.2, 0.25) is 5.91 Å². The summed E-state index contributed by atoms with van der Waals surface area (Å²) in [4.78, 5) is 11.2. The molecule has 2 N–H and O–H groups in total. The van der Waals surface area contributed by atoms with Crippen molar-refractivity contribution < 1.29 is 9.53 Å². The van der Waals surface area contributed by atoms with Crippen molar-refractivity contribution in [1.29, 1.82) is 0 Å². The predicted octanol–water partition coefficient (Wildman–Crippen LogP) is 0.593. The molecule has 1 aliphatic rings. The summed E-state index contributed by atoms with van der Waals surface area (Å²) in [7, 11) is 1.63. The van der Waals surface area contributed by atoms with Gasteiger partial charge in [-0.2, -0.15) is 0 Å². The number of ether oxygens (including phenoxy) is 1. The van der Waals surface area contributed by atoms with Crippen LogP contribution in [0.2, 0.25) is 0 Å². The van der Waals surface area contributed by atoms with Gasteiger partial charge in [0.15, 0.2) is 0 Å². The van der Waals surface area contributed by atoms with E-state index in [1.165, 1.54) is 11.1 Å². The molecule has 0 saturated carbocycles. The Kier molecular flexibility index (Phi) is 3.54. The van der Waals surface area contributed by atoms with Gasteiger partial charge in [-0.15, -0.1) is 0 Å². The highest BCUT2D eigenvalue weighted by molar-refractivity contribution is 5.77. The average Bonchev–Trinajstić information content (AvgIpc) is 2.35. The van der Waals surface area contributed by atoms with Crippen molar-refractivity contribution >= 4 is 5.91 Å². The van der Waals surface area contributed by atoms with Crippen molar-refractivity contribution in [3.63, 3.8) is 0 Å². The van der Waals surface area contributed by atoms with Crippen molar-refractivity contribution in [2.45, 2.75) is 12.6 Å². The SMILES string of the molecule is CNC(=O)CNC1COCc2ccccc21. The smallest absolute Gasteiger partial charge is 0.233 e. The number of nitrogens with one attached hydrogen (secondary N) is 2. The maximum absolute atomic E-state index is 11.2. The number of rotatable bonds is 3. The third-order valence-electron chi connectivity index (χ3n) is 2.76. The molecule has 1 aromatic rings. The molecule has 0 fully saturated rings. The van der Waals surface area contributed by atoms with Crippen LogP contribution in [-0.2, 0) is 16.1 Å². The number of fused-ring (bicyclic) bond motifs is 1. The Bertz CT molecular complexity index is 379. The molecule has 16 heavy (non-hydrogen) atoms. The quantitative estimate of drug-likeness (QED) is 0.784. The molecule has 1 heterocycles. The van der Waals surface area contributed by atoms with Crippen molar-refractivity contribution in [1.82, 2.24) is 10.6 Å². The van der Waals surface area contributed by atoms with E-state index in [9.17, 15) is 4.79 Å². The summed E-state index contributed by atoms with van der Waals surface area (Å²) >= 11 is 0. The number of carbonyl (C=O) groups is 1. The lowest BCUT2D eigenvalue weighted by Gasteiger charge is -2.26. The fraction of sp³-hybridized carbons (Fsp3) is 0.417. The topological polar surface area (TPSA) is 50.4 Å². The molecule has 4 heteroatoms. The van der Waals surface area contributed by atoms with Crippen LogP contribution in [0.3, 0.4) is 0 Å². The Morgan fingerprint density at radius 1 is 1.50 bits per heavy atom. The fourth-order valence-corrected chi connectivity index (χ4v) is 1.86. The molecular formula is C12H16N2O2. The molecule has 1 unspecified atom stereocenters. The molecule has 0 aromatic heterocycles. The third kappa shape index (κ3) is 2.40. The Morgan fingerprint density at radius 2 is 2.31 bits per heavy atom. The minimum atomic E-state index is -0.0111. The minimum absolute atomic E-state index is 0.0111. The van der Waals surface area contributed by atoms with Crippen LogP contribution in [0.15, 0.2) is 24.3 Å². The third-order valence-corrected chi connectivity index (χ3v) is 2.76. The van der Waals surface area contributed by atoms with E-state index in [2.05, 4.69) is 22.8 Å². The van der Waals surface area contributed by atoms with Crippen LogP contribution >= 0.6 is 0 Å². The van der Waals surface area contributed by atoms with Crippen LogP contribution in [0, 0.1) is 0 Å². The lowest BCUT2D eigenvalue weighted by atomic mass is 9.99. The Hall–Kier alpha value is -1.39. The molecule has 0 spiro atoms. The maximum atomic E-state index is 11.2. The first-order valence-corrected chi connectivity index (χ1v) is 5.41. The lowest BCUT2D eigenvalue weighted by molar-refractivity contribution is -0.120. The summed E-state index contributed by atoms with van der Waals surface area (Å²) in [5, 5.41) is 5.78. The van der Waals surface area contributed by atoms with Crippen LogP contribution in [0.5, 0.6) is 0 Å². The van der Waals surface area contributed by atoms with Crippen molar-refractivity contribution in [3.05, 3.63) is 35.4 Å². The molecule has 4 nitrogen and oxygen atoms in total. The van der Waals surface area contributed by atoms with Gasteiger partial charge in [-0.05, 0) is 11.1 Å². The van der Waals surface area contributed by atoms with Gasteiger partial charge in [-0.25, -0.2) is 0 Å². The fourth-order valence-electron chi connectivity index (χ4n) is 1.86. The highest BCUT2D eigenvalue weighted by Gasteiger charge is 2.19. The van der Waals surface area contributed by atoms with Gasteiger partial charge < -0.3 is 10.1 Å². The zero-order valence-electron chi connectivity index (χ0n) is 9.32. The highest BCUT2D eigenvalue weighted by Crippen LogP contribution is 2.23. The van der Waals surface area contributed by atoms with Gasteiger partial charge in [-0.1, -0.05) is 24.3 Å². The first kappa shape index (κ1) is 11.1. The Labute approximate surface area is 95.0 Å². The van der Waals surface area contributed by atoms with Gasteiger partial charge in [-0.3, -0.25) is 10.1 Å². The molecule has 1 aliphatic heterocycles. The van der Waals surface area contributed by atoms with Crippen LogP contribution in [-0.4, -0.2) is 26.1 Å². The second kappa shape index (κ2) is 5.09. The Morgan fingerprint density at radius 3 is 3.12 bits per heavy atom. The number of carbonyl (C=O) groups excluding carboxylic acids is 1. The number of hydrogen-bond acceptors (Lipinski definition) is 3. The average molecular weight is 220 g/mol. The van der Waals surface area contributed by atoms with Gasteiger partial charge in [0, 0.05) is 7.05 Å². The van der Waals surface area contributed by atoms with E-state index in [0.717, 1.165) is 0 Å². The van der Waals surface area contributed by atoms with Gasteiger partial charge in [0.25, 0.3) is 0 Å². The molecule has 0 saturated heterocycles. The van der Waals surface area contributed by atoms with Crippen LogP contribution in [0.1, 0.15) is 17.2 Å². The zero-order chi connectivity index (χ0) is 11.4. The molecule has 86 valence electrons. The standard InChI is InChI=1S/C12H16N2O2/c1-13-12(15)6-14-11-8-16-7-9-4-2-3-5-10(9)11/h2-5,11,14H,6-8H2,1H3,(H,13,15). The van der Waals surface area contributed by atoms with Crippen molar-refractivity contribution in [2.24, 2.45) is 0 Å². The number of hydrogen-bond donors (Lipinski definition) is 2. The summed E-state index contributed by atoms with van der Waals surface area (Å²) in [6.45, 7) is 1.60. The normalized spacial score (nSPS) is 18.9. The predicted molar refractivity (Wildman–Crippen MR) is 60.9 cm³/mol. The van der Waals surface area contributed by atoms with E-state index in [-0.39, 0.29) is 11.9 Å². The number of amides is 1. The molecule has 1 atom stereocenters. The van der Waals surface area contributed by atoms with E-state index in [1.54, 1.807) is 7.05 Å². The van der Waals surface area contributed by atoms with E-state index in [0.29, 0.717) is 19.8 Å². The van der Waals surface area contributed by atoms with Gasteiger partial charge in [0.1, 0.15) is 0 Å². The second-order valence-electron chi connectivity index (χ2n) is 3.82. The molecule has 0 aliphatic carbocycles. The van der Waals surface area contributed by atoms with Crippen molar-refractivity contribution in [3.8, 4) is 0 Å². The molecule has 1 aromatic carbocycles. The molecular weight excluding hydrogens is 204 g/mol. The molecule has 0 radical (unpaired) electrons. The lowest BCUT2D eigenvalue weighted by Crippen LogP contribution is -2.37. The summed E-state index contributed by atoms with van der Waals surface area (Å²) in [6.07, 6.45) is 0. The monoisotopic (exact) mass is 220 g/mol. The molecule has 0 bridgehead atoms. The van der Waals surface area contributed by atoms with E-state index in [1.807, 2.05) is 12.1 Å². The molecule has 2 rings (SSSR count). The summed E-state index contributed by atoms with van der Waals surface area (Å²) in [5.74, 6) is -0.0111. The Balaban J connectivity index is 2.04. The van der Waals surface area contributed by atoms with Crippen molar-refractivity contribution in [2.75, 3.05) is 20.2 Å². The second-order valence-corrected chi connectivity index (χ2v) is 3.82. The van der Waals surface area contributed by atoms with E-state index >= 15 is 0 Å². The molecule has 1 amide bonds. The highest BCUT2D eigenvalue weighted by atomic mass is 16.5. The summed E-state index contributed by atoms with van der Waals surface area (Å²) in [5.41, 5.74) is 2.43. The van der Waals surface area contributed by atoms with E-state index in [4.69, 9.17) is 4.74 Å². The van der Waals surface area contributed by atoms with E-state index < -0.39 is 0 Å². The van der Waals surface area contributed by atoms with Crippen LogP contribution in [0.4, 0.5) is 0 Å².